The fourth-order valence-corrected chi connectivity index (χ4v) is 2.93. The molecule has 3 rings (SSSR count). The highest BCUT2D eigenvalue weighted by Gasteiger charge is 2.39. The van der Waals surface area contributed by atoms with Crippen molar-refractivity contribution in [1.82, 2.24) is 24.1 Å². The number of rotatable bonds is 6. The van der Waals surface area contributed by atoms with Gasteiger partial charge < -0.3 is 15.2 Å². The van der Waals surface area contributed by atoms with Crippen molar-refractivity contribution in [3.63, 3.8) is 0 Å². The molecule has 0 saturated heterocycles. The molecule has 1 atom stereocenters. The molecule has 0 aliphatic heterocycles. The average molecular weight is 462 g/mol. The van der Waals surface area contributed by atoms with Gasteiger partial charge in [-0.25, -0.2) is 9.18 Å². The van der Waals surface area contributed by atoms with E-state index in [4.69, 9.17) is 9.84 Å². The molecule has 0 radical (unpaired) electrons. The number of aromatic nitrogens is 5. The predicted octanol–water partition coefficient (Wildman–Crippen LogP) is 1.93. The smallest absolute Gasteiger partial charge is 0.425 e. The molecule has 166 valence electrons. The Balaban J connectivity index is 2.09. The van der Waals surface area contributed by atoms with Gasteiger partial charge in [0.05, 0.1) is 11.4 Å². The lowest BCUT2D eigenvalue weighted by molar-refractivity contribution is -0.190. The van der Waals surface area contributed by atoms with Crippen LogP contribution in [0.2, 0.25) is 0 Å². The first-order chi connectivity index (χ1) is 14.5. The number of nitrogens with zero attached hydrogens (tertiary/aromatic N) is 4. The third-order valence-corrected chi connectivity index (χ3v) is 4.65. The van der Waals surface area contributed by atoms with E-state index in [1.807, 2.05) is 0 Å². The lowest BCUT2D eigenvalue weighted by atomic mass is 10.2. The van der Waals surface area contributed by atoms with Crippen LogP contribution in [0.3, 0.4) is 0 Å². The number of anilines is 1. The minimum absolute atomic E-state index is 0.236. The summed E-state index contributed by atoms with van der Waals surface area (Å²) in [6.45, 7) is 1.57. The Morgan fingerprint density at radius 1 is 1.45 bits per heavy atom. The third-order valence-electron chi connectivity index (χ3n) is 3.93. The van der Waals surface area contributed by atoms with E-state index in [1.165, 1.54) is 5.38 Å². The summed E-state index contributed by atoms with van der Waals surface area (Å²) in [4.78, 5) is 30.3. The molecule has 0 fully saturated rings. The van der Waals surface area contributed by atoms with E-state index in [2.05, 4.69) is 24.8 Å². The Labute approximate surface area is 174 Å². The number of halogens is 4. The van der Waals surface area contributed by atoms with Gasteiger partial charge in [0.1, 0.15) is 12.2 Å². The Bertz CT molecular complexity index is 1170. The standard InChI is InChI=1S/C16H14F4N6O4S/c1-6-10(5-31-25-6)21-13(28)8-3-9(17)12(26-15(29)22-11(4-27)24-26)23-14(8)30-7(2)16(18,19)20/h3,5,7,27H,4H2,1-2H3,(H,21,28)(H,22,24,29)/t7-/m0/s1. The van der Waals surface area contributed by atoms with Gasteiger partial charge in [0.2, 0.25) is 5.88 Å². The summed E-state index contributed by atoms with van der Waals surface area (Å²) < 4.78 is 62.8. The molecule has 0 saturated carbocycles. The maximum absolute atomic E-state index is 14.7. The van der Waals surface area contributed by atoms with E-state index >= 15 is 0 Å². The fourth-order valence-electron chi connectivity index (χ4n) is 2.28. The number of alkyl halides is 3. The molecule has 0 unspecified atom stereocenters. The van der Waals surface area contributed by atoms with E-state index in [-0.39, 0.29) is 11.5 Å². The summed E-state index contributed by atoms with van der Waals surface area (Å²) >= 11 is 1.03. The van der Waals surface area contributed by atoms with Crippen molar-refractivity contribution >= 4 is 23.1 Å². The van der Waals surface area contributed by atoms with E-state index < -0.39 is 53.6 Å². The van der Waals surface area contributed by atoms with Crippen molar-refractivity contribution in [3.8, 4) is 11.7 Å². The molecule has 1 amide bonds. The number of hydrogen-bond donors (Lipinski definition) is 3. The predicted molar refractivity (Wildman–Crippen MR) is 98.8 cm³/mol. The number of pyridine rings is 1. The number of hydrogen-bond acceptors (Lipinski definition) is 8. The fraction of sp³-hybridized carbons (Fsp3) is 0.312. The molecular formula is C16H14F4N6O4S. The maximum atomic E-state index is 14.7. The monoisotopic (exact) mass is 462 g/mol. The molecule has 0 aliphatic carbocycles. The highest BCUT2D eigenvalue weighted by molar-refractivity contribution is 7.04. The molecule has 0 bridgehead atoms. The topological polar surface area (TPSA) is 135 Å². The largest absolute Gasteiger partial charge is 0.464 e. The van der Waals surface area contributed by atoms with Crippen molar-refractivity contribution in [3.05, 3.63) is 44.8 Å². The first kappa shape index (κ1) is 22.4. The van der Waals surface area contributed by atoms with Crippen LogP contribution >= 0.6 is 11.5 Å². The van der Waals surface area contributed by atoms with Gasteiger partial charge >= 0.3 is 11.9 Å². The zero-order valence-corrected chi connectivity index (χ0v) is 16.6. The number of aliphatic hydroxyl groups excluding tert-OH is 1. The van der Waals surface area contributed by atoms with Crippen LogP contribution in [0.4, 0.5) is 23.2 Å². The van der Waals surface area contributed by atoms with Gasteiger partial charge in [-0.15, -0.1) is 5.10 Å². The number of carbonyl (C=O) groups is 1. The lowest BCUT2D eigenvalue weighted by Gasteiger charge is -2.19. The molecule has 3 heterocycles. The molecule has 3 N–H and O–H groups in total. The van der Waals surface area contributed by atoms with Gasteiger partial charge in [-0.3, -0.25) is 9.78 Å². The maximum Gasteiger partial charge on any atom is 0.425 e. The highest BCUT2D eigenvalue weighted by atomic mass is 32.1. The van der Waals surface area contributed by atoms with Gasteiger partial charge in [0.15, 0.2) is 23.6 Å². The summed E-state index contributed by atoms with van der Waals surface area (Å²) in [6.07, 6.45) is -7.22. The number of aryl methyl sites for hydroxylation is 1. The summed E-state index contributed by atoms with van der Waals surface area (Å²) in [5.74, 6) is -4.18. The third kappa shape index (κ3) is 4.72. The highest BCUT2D eigenvalue weighted by Crippen LogP contribution is 2.28. The number of nitrogens with one attached hydrogen (secondary N) is 2. The Kier molecular flexibility index (Phi) is 6.08. The molecular weight excluding hydrogens is 448 g/mol. The number of carbonyl (C=O) groups excluding carboxylic acids is 1. The molecule has 0 aliphatic rings. The Hall–Kier alpha value is -3.33. The van der Waals surface area contributed by atoms with Crippen LogP contribution < -0.4 is 15.7 Å². The summed E-state index contributed by atoms with van der Waals surface area (Å²) in [6, 6.07) is 0.574. The molecule has 0 spiro atoms. The number of aromatic amines is 1. The number of ether oxygens (including phenoxy) is 1. The van der Waals surface area contributed by atoms with E-state index in [9.17, 15) is 27.2 Å². The van der Waals surface area contributed by atoms with Crippen molar-refractivity contribution < 1.29 is 32.2 Å². The van der Waals surface area contributed by atoms with E-state index in [1.54, 1.807) is 6.92 Å². The molecule has 3 aromatic heterocycles. The molecule has 15 heteroatoms. The quantitative estimate of drug-likeness (QED) is 0.477. The van der Waals surface area contributed by atoms with Crippen molar-refractivity contribution in [2.24, 2.45) is 0 Å². The summed E-state index contributed by atoms with van der Waals surface area (Å²) in [5, 5.41) is 16.5. The first-order valence-electron chi connectivity index (χ1n) is 8.47. The van der Waals surface area contributed by atoms with E-state index in [0.29, 0.717) is 23.4 Å². The Morgan fingerprint density at radius 3 is 2.71 bits per heavy atom. The number of aliphatic hydroxyl groups is 1. The minimum atomic E-state index is -4.81. The van der Waals surface area contributed by atoms with Crippen molar-refractivity contribution in [1.29, 1.82) is 0 Å². The normalized spacial score (nSPS) is 12.6. The van der Waals surface area contributed by atoms with Crippen LogP contribution in [-0.4, -0.2) is 47.4 Å². The van der Waals surface area contributed by atoms with Crippen molar-refractivity contribution in [2.45, 2.75) is 32.7 Å². The number of H-pyrrole nitrogens is 1. The van der Waals surface area contributed by atoms with Crippen LogP contribution in [0.25, 0.3) is 5.82 Å². The van der Waals surface area contributed by atoms with Crippen LogP contribution in [0.5, 0.6) is 5.88 Å². The summed E-state index contributed by atoms with van der Waals surface area (Å²) in [7, 11) is 0. The summed E-state index contributed by atoms with van der Waals surface area (Å²) in [5.41, 5.74) is -0.948. The zero-order chi connectivity index (χ0) is 22.9. The van der Waals surface area contributed by atoms with Crippen LogP contribution in [-0.2, 0) is 6.61 Å². The molecule has 0 aromatic carbocycles. The van der Waals surface area contributed by atoms with Crippen LogP contribution in [0.1, 0.15) is 28.8 Å². The van der Waals surface area contributed by atoms with Gasteiger partial charge in [-0.2, -0.15) is 27.2 Å². The average Bonchev–Trinajstić information content (AvgIpc) is 3.27. The van der Waals surface area contributed by atoms with Gasteiger partial charge in [0, 0.05) is 5.38 Å². The number of amides is 1. The minimum Gasteiger partial charge on any atom is -0.464 e. The van der Waals surface area contributed by atoms with Gasteiger partial charge in [0.25, 0.3) is 5.91 Å². The van der Waals surface area contributed by atoms with Gasteiger partial charge in [-0.1, -0.05) is 0 Å². The molecule has 31 heavy (non-hydrogen) atoms. The second-order valence-electron chi connectivity index (χ2n) is 6.16. The van der Waals surface area contributed by atoms with Crippen LogP contribution in [0, 0.1) is 12.7 Å². The second-order valence-corrected chi connectivity index (χ2v) is 6.79. The van der Waals surface area contributed by atoms with Gasteiger partial charge in [-0.05, 0) is 31.4 Å². The van der Waals surface area contributed by atoms with Crippen molar-refractivity contribution in [2.75, 3.05) is 5.32 Å². The molecule has 10 nitrogen and oxygen atoms in total. The SMILES string of the molecule is Cc1nscc1NC(=O)c1cc(F)c(-n2nc(CO)[nH]c2=O)nc1O[C@@H](C)C(F)(F)F. The van der Waals surface area contributed by atoms with Crippen LogP contribution in [0.15, 0.2) is 16.2 Å². The zero-order valence-electron chi connectivity index (χ0n) is 15.8. The Morgan fingerprint density at radius 2 is 2.16 bits per heavy atom. The lowest BCUT2D eigenvalue weighted by Crippen LogP contribution is -2.32. The second kappa shape index (κ2) is 8.43. The molecule has 3 aromatic rings. The van der Waals surface area contributed by atoms with E-state index in [0.717, 1.165) is 11.5 Å². The first-order valence-corrected chi connectivity index (χ1v) is 9.30.